The molecule has 0 fully saturated rings. The van der Waals surface area contributed by atoms with Crippen LogP contribution in [0.3, 0.4) is 0 Å². The maximum atomic E-state index is 9.21. The van der Waals surface area contributed by atoms with Gasteiger partial charge in [-0.15, -0.1) is 0 Å². The van der Waals surface area contributed by atoms with E-state index < -0.39 is 0 Å². The molecule has 0 unspecified atom stereocenters. The molecular formula is C11H9O. The highest BCUT2D eigenvalue weighted by atomic mass is 16.3. The first kappa shape index (κ1) is 7.17. The Hall–Kier alpha value is -1.50. The van der Waals surface area contributed by atoms with E-state index in [9.17, 15) is 5.11 Å². The lowest BCUT2D eigenvalue weighted by molar-refractivity contribution is 0.476. The molecule has 0 aromatic heterocycles. The van der Waals surface area contributed by atoms with E-state index in [0.29, 0.717) is 5.75 Å². The van der Waals surface area contributed by atoms with Crippen molar-refractivity contribution in [3.05, 3.63) is 42.0 Å². The Morgan fingerprint density at radius 1 is 1.17 bits per heavy atom. The Morgan fingerprint density at radius 3 is 2.83 bits per heavy atom. The first-order chi connectivity index (χ1) is 5.75. The molecule has 1 radical (unpaired) electrons. The van der Waals surface area contributed by atoms with E-state index in [4.69, 9.17) is 0 Å². The minimum Gasteiger partial charge on any atom is -0.508 e. The molecule has 2 aromatic rings. The van der Waals surface area contributed by atoms with E-state index in [1.807, 2.05) is 25.1 Å². The maximum absolute atomic E-state index is 9.21. The van der Waals surface area contributed by atoms with Crippen molar-refractivity contribution in [2.75, 3.05) is 0 Å². The number of aromatic hydroxyl groups is 1. The highest BCUT2D eigenvalue weighted by Crippen LogP contribution is 2.20. The quantitative estimate of drug-likeness (QED) is 0.623. The predicted octanol–water partition coefficient (Wildman–Crippen LogP) is 2.65. The maximum Gasteiger partial charge on any atom is 0.116 e. The smallest absolute Gasteiger partial charge is 0.116 e. The third-order valence-corrected chi connectivity index (χ3v) is 1.90. The molecule has 0 saturated heterocycles. The van der Waals surface area contributed by atoms with Gasteiger partial charge in [0.2, 0.25) is 0 Å². The third kappa shape index (κ3) is 1.14. The Labute approximate surface area is 71.3 Å². The molecule has 12 heavy (non-hydrogen) atoms. The van der Waals surface area contributed by atoms with Crippen LogP contribution in [-0.2, 0) is 0 Å². The van der Waals surface area contributed by atoms with Gasteiger partial charge in [0.25, 0.3) is 0 Å². The molecule has 0 spiro atoms. The molecule has 0 aliphatic rings. The average Bonchev–Trinajstić information content (AvgIpc) is 2.03. The molecular weight excluding hydrogens is 148 g/mol. The van der Waals surface area contributed by atoms with Crippen molar-refractivity contribution >= 4 is 10.8 Å². The van der Waals surface area contributed by atoms with Crippen LogP contribution in [0.15, 0.2) is 30.3 Å². The number of fused-ring (bicyclic) bond motifs is 1. The second-order valence-electron chi connectivity index (χ2n) is 2.93. The standard InChI is InChI=1S/C11H9O/c1-8-2-3-9-4-5-11(12)7-10(9)6-8/h3-7,12H,1H3. The minimum absolute atomic E-state index is 0.313. The van der Waals surface area contributed by atoms with E-state index in [1.54, 1.807) is 12.1 Å². The number of hydrogen-bond donors (Lipinski definition) is 1. The van der Waals surface area contributed by atoms with Gasteiger partial charge in [-0.1, -0.05) is 12.1 Å². The lowest BCUT2D eigenvalue weighted by Gasteiger charge is -1.98. The van der Waals surface area contributed by atoms with Crippen LogP contribution in [0.25, 0.3) is 10.8 Å². The van der Waals surface area contributed by atoms with E-state index in [2.05, 4.69) is 6.07 Å². The Morgan fingerprint density at radius 2 is 2.00 bits per heavy atom. The number of rotatable bonds is 0. The molecule has 0 aliphatic heterocycles. The van der Waals surface area contributed by atoms with Crippen LogP contribution in [0.4, 0.5) is 0 Å². The summed E-state index contributed by atoms with van der Waals surface area (Å²) < 4.78 is 0. The second kappa shape index (κ2) is 2.52. The van der Waals surface area contributed by atoms with E-state index in [-0.39, 0.29) is 0 Å². The van der Waals surface area contributed by atoms with Gasteiger partial charge in [-0.25, -0.2) is 0 Å². The number of benzene rings is 2. The van der Waals surface area contributed by atoms with Gasteiger partial charge in [-0.05, 0) is 47.5 Å². The number of hydrogen-bond acceptors (Lipinski definition) is 1. The molecule has 0 amide bonds. The van der Waals surface area contributed by atoms with Gasteiger partial charge >= 0.3 is 0 Å². The second-order valence-corrected chi connectivity index (χ2v) is 2.93. The van der Waals surface area contributed by atoms with Crippen LogP contribution in [0.2, 0.25) is 0 Å². The molecule has 1 heteroatoms. The van der Waals surface area contributed by atoms with E-state index >= 15 is 0 Å². The molecule has 1 N–H and O–H groups in total. The molecule has 2 rings (SSSR count). The van der Waals surface area contributed by atoms with Crippen LogP contribution >= 0.6 is 0 Å². The zero-order valence-electron chi connectivity index (χ0n) is 6.83. The zero-order chi connectivity index (χ0) is 8.55. The molecule has 1 nitrogen and oxygen atoms in total. The van der Waals surface area contributed by atoms with Crippen LogP contribution in [0.1, 0.15) is 5.56 Å². The summed E-state index contributed by atoms with van der Waals surface area (Å²) in [5, 5.41) is 11.4. The lowest BCUT2D eigenvalue weighted by atomic mass is 10.1. The molecule has 59 valence electrons. The largest absolute Gasteiger partial charge is 0.508 e. The molecule has 0 saturated carbocycles. The summed E-state index contributed by atoms with van der Waals surface area (Å²) in [4.78, 5) is 0. The van der Waals surface area contributed by atoms with Crippen molar-refractivity contribution in [2.45, 2.75) is 6.92 Å². The normalized spacial score (nSPS) is 10.4. The van der Waals surface area contributed by atoms with Crippen molar-refractivity contribution in [3.8, 4) is 5.75 Å². The van der Waals surface area contributed by atoms with Crippen molar-refractivity contribution < 1.29 is 5.11 Å². The summed E-state index contributed by atoms with van der Waals surface area (Å²) in [6, 6.07) is 12.4. The molecule has 0 atom stereocenters. The molecule has 0 aliphatic carbocycles. The Balaban J connectivity index is 2.80. The van der Waals surface area contributed by atoms with Gasteiger partial charge < -0.3 is 5.11 Å². The van der Waals surface area contributed by atoms with Gasteiger partial charge in [0.15, 0.2) is 0 Å². The summed E-state index contributed by atoms with van der Waals surface area (Å²) in [5.41, 5.74) is 1.09. The number of aryl methyl sites for hydroxylation is 1. The fourth-order valence-corrected chi connectivity index (χ4v) is 1.29. The summed E-state index contributed by atoms with van der Waals surface area (Å²) in [5.74, 6) is 0.313. The lowest BCUT2D eigenvalue weighted by Crippen LogP contribution is -1.75. The van der Waals surface area contributed by atoms with E-state index in [1.165, 1.54) is 0 Å². The fourth-order valence-electron chi connectivity index (χ4n) is 1.29. The highest BCUT2D eigenvalue weighted by Gasteiger charge is 1.94. The predicted molar refractivity (Wildman–Crippen MR) is 49.2 cm³/mol. The number of phenolic OH excluding ortho intramolecular Hbond substituents is 1. The van der Waals surface area contributed by atoms with Gasteiger partial charge in [-0.3, -0.25) is 0 Å². The van der Waals surface area contributed by atoms with Crippen molar-refractivity contribution in [2.24, 2.45) is 0 Å². The van der Waals surface area contributed by atoms with Gasteiger partial charge in [0.05, 0.1) is 0 Å². The summed E-state index contributed by atoms with van der Waals surface area (Å²) >= 11 is 0. The van der Waals surface area contributed by atoms with Crippen LogP contribution < -0.4 is 0 Å². The van der Waals surface area contributed by atoms with Gasteiger partial charge in [-0.2, -0.15) is 0 Å². The first-order valence-corrected chi connectivity index (χ1v) is 3.87. The summed E-state index contributed by atoms with van der Waals surface area (Å²) in [7, 11) is 0. The van der Waals surface area contributed by atoms with Crippen LogP contribution in [0.5, 0.6) is 5.75 Å². The van der Waals surface area contributed by atoms with Gasteiger partial charge in [0, 0.05) is 0 Å². The number of phenols is 1. The van der Waals surface area contributed by atoms with Crippen molar-refractivity contribution in [1.82, 2.24) is 0 Å². The minimum atomic E-state index is 0.313. The van der Waals surface area contributed by atoms with Crippen LogP contribution in [0, 0.1) is 13.0 Å². The zero-order valence-corrected chi connectivity index (χ0v) is 6.83. The highest BCUT2D eigenvalue weighted by molar-refractivity contribution is 5.84. The molecule has 0 heterocycles. The summed E-state index contributed by atoms with van der Waals surface area (Å²) in [6.45, 7) is 1.99. The van der Waals surface area contributed by atoms with Gasteiger partial charge in [0.1, 0.15) is 5.75 Å². The topological polar surface area (TPSA) is 20.2 Å². The van der Waals surface area contributed by atoms with Crippen LogP contribution in [-0.4, -0.2) is 5.11 Å². The summed E-state index contributed by atoms with van der Waals surface area (Å²) in [6.07, 6.45) is 0. The van der Waals surface area contributed by atoms with E-state index in [0.717, 1.165) is 16.3 Å². The average molecular weight is 157 g/mol. The molecule has 2 aromatic carbocycles. The molecule has 0 bridgehead atoms. The van der Waals surface area contributed by atoms with Crippen molar-refractivity contribution in [1.29, 1.82) is 0 Å². The Kier molecular flexibility index (Phi) is 1.51. The first-order valence-electron chi connectivity index (χ1n) is 3.87. The fraction of sp³-hybridized carbons (Fsp3) is 0.0909. The SMILES string of the molecule is Cc1[c]cc2ccc(O)cc2c1. The monoisotopic (exact) mass is 157 g/mol. The Bertz CT molecular complexity index is 382. The third-order valence-electron chi connectivity index (χ3n) is 1.90. The van der Waals surface area contributed by atoms with Crippen molar-refractivity contribution in [3.63, 3.8) is 0 Å².